The van der Waals surface area contributed by atoms with E-state index in [1.165, 1.54) is 24.1 Å². The molecule has 1 aromatic rings. The van der Waals surface area contributed by atoms with Gasteiger partial charge >= 0.3 is 0 Å². The van der Waals surface area contributed by atoms with Crippen molar-refractivity contribution in [3.8, 4) is 0 Å². The molecule has 1 fully saturated rings. The fourth-order valence-electron chi connectivity index (χ4n) is 1.80. The molecule has 0 bridgehead atoms. The van der Waals surface area contributed by atoms with Crippen molar-refractivity contribution in [1.29, 1.82) is 0 Å². The molecule has 0 saturated heterocycles. The first-order valence-electron chi connectivity index (χ1n) is 5.49. The van der Waals surface area contributed by atoms with Crippen LogP contribution < -0.4 is 4.90 Å². The van der Waals surface area contributed by atoms with Crippen molar-refractivity contribution in [1.82, 2.24) is 4.98 Å². The van der Waals surface area contributed by atoms with Gasteiger partial charge in [0.1, 0.15) is 0 Å². The van der Waals surface area contributed by atoms with E-state index in [2.05, 4.69) is 23.7 Å². The van der Waals surface area contributed by atoms with Gasteiger partial charge in [-0.15, -0.1) is 22.9 Å². The van der Waals surface area contributed by atoms with E-state index in [1.807, 2.05) is 0 Å². The summed E-state index contributed by atoms with van der Waals surface area (Å²) in [7, 11) is 0. The lowest BCUT2D eigenvalue weighted by atomic mass is 9.92. The Morgan fingerprint density at radius 3 is 2.60 bits per heavy atom. The monoisotopic (exact) mass is 244 g/mol. The van der Waals surface area contributed by atoms with E-state index in [-0.39, 0.29) is 0 Å². The Bertz CT molecular complexity index is 314. The third-order valence-electron chi connectivity index (χ3n) is 3.10. The molecule has 0 spiro atoms. The number of alkyl halides is 1. The van der Waals surface area contributed by atoms with E-state index in [1.54, 1.807) is 11.3 Å². The highest BCUT2D eigenvalue weighted by molar-refractivity contribution is 7.15. The maximum absolute atomic E-state index is 5.85. The number of hydrogen-bond donors (Lipinski definition) is 0. The fraction of sp³-hybridized carbons (Fsp3) is 0.727. The highest BCUT2D eigenvalue weighted by atomic mass is 35.5. The summed E-state index contributed by atoms with van der Waals surface area (Å²) in [5, 5.41) is 1.16. The van der Waals surface area contributed by atoms with Crippen molar-refractivity contribution in [2.45, 2.75) is 39.2 Å². The van der Waals surface area contributed by atoms with Crippen LogP contribution in [0.2, 0.25) is 0 Å². The van der Waals surface area contributed by atoms with Gasteiger partial charge in [0.05, 0.1) is 5.69 Å². The molecule has 2 nitrogen and oxygen atoms in total. The molecule has 0 N–H and O–H groups in total. The zero-order chi connectivity index (χ0) is 10.8. The number of halogens is 1. The van der Waals surface area contributed by atoms with Gasteiger partial charge in [-0.2, -0.15) is 0 Å². The van der Waals surface area contributed by atoms with Crippen molar-refractivity contribution in [3.05, 3.63) is 10.6 Å². The lowest BCUT2D eigenvalue weighted by molar-refractivity contribution is 0.390. The molecule has 1 saturated carbocycles. The molecule has 1 aromatic heterocycles. The second-order valence-electron chi connectivity index (χ2n) is 4.11. The molecule has 4 heteroatoms. The lowest BCUT2D eigenvalue weighted by Gasteiger charge is -2.37. The van der Waals surface area contributed by atoms with E-state index in [4.69, 9.17) is 11.6 Å². The summed E-state index contributed by atoms with van der Waals surface area (Å²) in [5.41, 5.74) is 1.16. The summed E-state index contributed by atoms with van der Waals surface area (Å²) in [4.78, 5) is 8.33. The van der Waals surface area contributed by atoms with Crippen molar-refractivity contribution in [3.63, 3.8) is 0 Å². The van der Waals surface area contributed by atoms with Crippen molar-refractivity contribution in [2.75, 3.05) is 17.3 Å². The van der Waals surface area contributed by atoms with Gasteiger partial charge in [0, 0.05) is 23.3 Å². The van der Waals surface area contributed by atoms with Gasteiger partial charge in [-0.25, -0.2) is 4.98 Å². The van der Waals surface area contributed by atoms with Crippen LogP contribution in [0.1, 0.15) is 29.8 Å². The van der Waals surface area contributed by atoms with E-state index in [0.29, 0.717) is 11.9 Å². The van der Waals surface area contributed by atoms with E-state index < -0.39 is 0 Å². The molecule has 0 radical (unpaired) electrons. The second kappa shape index (κ2) is 4.71. The van der Waals surface area contributed by atoms with Gasteiger partial charge in [-0.05, 0) is 33.1 Å². The van der Waals surface area contributed by atoms with Gasteiger partial charge in [0.2, 0.25) is 0 Å². The zero-order valence-corrected chi connectivity index (χ0v) is 10.9. The predicted molar refractivity (Wildman–Crippen MR) is 67.3 cm³/mol. The predicted octanol–water partition coefficient (Wildman–Crippen LogP) is 3.36. The third kappa shape index (κ3) is 2.28. The fourth-order valence-corrected chi connectivity index (χ4v) is 2.99. The smallest absolute Gasteiger partial charge is 0.186 e. The van der Waals surface area contributed by atoms with E-state index in [9.17, 15) is 0 Å². The van der Waals surface area contributed by atoms with Crippen LogP contribution in [0.5, 0.6) is 0 Å². The van der Waals surface area contributed by atoms with Crippen LogP contribution in [0.3, 0.4) is 0 Å². The number of aromatic nitrogens is 1. The van der Waals surface area contributed by atoms with Crippen molar-refractivity contribution >= 4 is 28.1 Å². The lowest BCUT2D eigenvalue weighted by Crippen LogP contribution is -2.41. The Hall–Kier alpha value is -0.280. The Balaban J connectivity index is 2.15. The topological polar surface area (TPSA) is 16.1 Å². The highest BCUT2D eigenvalue weighted by Gasteiger charge is 2.26. The Morgan fingerprint density at radius 2 is 2.20 bits per heavy atom. The number of hydrogen-bond acceptors (Lipinski definition) is 3. The molecule has 2 rings (SSSR count). The minimum atomic E-state index is 0.689. The minimum Gasteiger partial charge on any atom is -0.344 e. The van der Waals surface area contributed by atoms with Gasteiger partial charge in [0.15, 0.2) is 5.13 Å². The number of thiazole rings is 1. The van der Waals surface area contributed by atoms with Crippen LogP contribution in [0, 0.1) is 13.8 Å². The summed E-state index contributed by atoms with van der Waals surface area (Å²) < 4.78 is 0. The molecule has 1 aliphatic rings. The number of rotatable bonds is 4. The molecule has 0 unspecified atom stereocenters. The minimum absolute atomic E-state index is 0.689. The van der Waals surface area contributed by atoms with E-state index >= 15 is 0 Å². The number of aryl methyl sites for hydroxylation is 2. The zero-order valence-electron chi connectivity index (χ0n) is 9.29. The van der Waals surface area contributed by atoms with Crippen molar-refractivity contribution < 1.29 is 0 Å². The molecule has 0 amide bonds. The first-order chi connectivity index (χ1) is 7.22. The summed E-state index contributed by atoms with van der Waals surface area (Å²) in [6.45, 7) is 5.14. The number of anilines is 1. The average Bonchev–Trinajstić information content (AvgIpc) is 2.43. The van der Waals surface area contributed by atoms with Crippen LogP contribution >= 0.6 is 22.9 Å². The summed E-state index contributed by atoms with van der Waals surface area (Å²) in [6.07, 6.45) is 3.95. The summed E-state index contributed by atoms with van der Waals surface area (Å²) >= 11 is 7.65. The standard InChI is InChI=1S/C11H17ClN2S/c1-8-9(2)15-11(13-8)14(7-6-12)10-4-3-5-10/h10H,3-7H2,1-2H3. The third-order valence-corrected chi connectivity index (χ3v) is 4.38. The van der Waals surface area contributed by atoms with Crippen LogP contribution in [0.4, 0.5) is 5.13 Å². The molecule has 1 heterocycles. The molecule has 1 aliphatic carbocycles. The van der Waals surface area contributed by atoms with Crippen LogP contribution in [0.15, 0.2) is 0 Å². The van der Waals surface area contributed by atoms with Crippen LogP contribution in [-0.2, 0) is 0 Å². The molecule has 0 aromatic carbocycles. The molecule has 0 atom stereocenters. The molecule has 0 aliphatic heterocycles. The van der Waals surface area contributed by atoms with Gasteiger partial charge in [-0.1, -0.05) is 0 Å². The molecular formula is C11H17ClN2S. The van der Waals surface area contributed by atoms with E-state index in [0.717, 1.165) is 17.4 Å². The maximum Gasteiger partial charge on any atom is 0.186 e. The van der Waals surface area contributed by atoms with Gasteiger partial charge in [-0.3, -0.25) is 0 Å². The first kappa shape index (κ1) is 11.2. The quantitative estimate of drug-likeness (QED) is 0.756. The molecule has 15 heavy (non-hydrogen) atoms. The summed E-state index contributed by atoms with van der Waals surface area (Å²) in [6, 6.07) is 0.689. The average molecular weight is 245 g/mol. The largest absolute Gasteiger partial charge is 0.344 e. The second-order valence-corrected chi connectivity index (χ2v) is 5.66. The molecule has 84 valence electrons. The van der Waals surface area contributed by atoms with Crippen molar-refractivity contribution in [2.24, 2.45) is 0 Å². The molecular weight excluding hydrogens is 228 g/mol. The Morgan fingerprint density at radius 1 is 1.47 bits per heavy atom. The Labute approximate surface area is 100 Å². The van der Waals surface area contributed by atoms with Gasteiger partial charge < -0.3 is 4.90 Å². The van der Waals surface area contributed by atoms with Gasteiger partial charge in [0.25, 0.3) is 0 Å². The highest BCUT2D eigenvalue weighted by Crippen LogP contribution is 2.33. The summed E-state index contributed by atoms with van der Waals surface area (Å²) in [5.74, 6) is 0.689. The SMILES string of the molecule is Cc1nc(N(CCCl)C2CCC2)sc1C. The first-order valence-corrected chi connectivity index (χ1v) is 6.84. The van der Waals surface area contributed by atoms with Crippen LogP contribution in [-0.4, -0.2) is 23.5 Å². The maximum atomic E-state index is 5.85. The Kier molecular flexibility index (Phi) is 3.52. The number of nitrogens with zero attached hydrogens (tertiary/aromatic N) is 2. The van der Waals surface area contributed by atoms with Crippen LogP contribution in [0.25, 0.3) is 0 Å². The normalized spacial score (nSPS) is 16.5.